The van der Waals surface area contributed by atoms with Crippen LogP contribution in [0, 0.1) is 5.92 Å². The summed E-state index contributed by atoms with van der Waals surface area (Å²) in [6.45, 7) is 3.22. The van der Waals surface area contributed by atoms with Crippen LogP contribution in [0.3, 0.4) is 0 Å². The first-order chi connectivity index (χ1) is 9.13. The van der Waals surface area contributed by atoms with Crippen LogP contribution < -0.4 is 5.32 Å². The third kappa shape index (κ3) is 3.29. The van der Waals surface area contributed by atoms with Crippen molar-refractivity contribution in [1.29, 1.82) is 0 Å². The summed E-state index contributed by atoms with van der Waals surface area (Å²) in [6, 6.07) is 0. The first kappa shape index (κ1) is 13.8. The molecule has 5 nitrogen and oxygen atoms in total. The number of fused-ring (bicyclic) bond motifs is 2. The molecular formula is C13H24N2O3S. The number of nitrogens with zero attached hydrogens (tertiary/aromatic N) is 1. The maximum Gasteiger partial charge on any atom is 0.214 e. The van der Waals surface area contributed by atoms with Crippen molar-refractivity contribution in [3.8, 4) is 0 Å². The zero-order valence-corrected chi connectivity index (χ0v) is 12.2. The van der Waals surface area contributed by atoms with Crippen molar-refractivity contribution in [3.05, 3.63) is 0 Å². The highest BCUT2D eigenvalue weighted by atomic mass is 32.2. The van der Waals surface area contributed by atoms with E-state index in [0.717, 1.165) is 45.2 Å². The third-order valence-electron chi connectivity index (χ3n) is 4.65. The van der Waals surface area contributed by atoms with Gasteiger partial charge in [0.2, 0.25) is 10.0 Å². The van der Waals surface area contributed by atoms with Gasteiger partial charge < -0.3 is 10.1 Å². The molecule has 0 aromatic rings. The molecule has 0 spiro atoms. The summed E-state index contributed by atoms with van der Waals surface area (Å²) in [6.07, 6.45) is 5.38. The van der Waals surface area contributed by atoms with Crippen LogP contribution in [0.4, 0.5) is 0 Å². The number of piperidine rings is 1. The van der Waals surface area contributed by atoms with E-state index < -0.39 is 10.0 Å². The van der Waals surface area contributed by atoms with E-state index in [9.17, 15) is 8.42 Å². The van der Waals surface area contributed by atoms with Crippen molar-refractivity contribution in [2.24, 2.45) is 5.92 Å². The van der Waals surface area contributed by atoms with Crippen molar-refractivity contribution in [3.63, 3.8) is 0 Å². The predicted molar refractivity (Wildman–Crippen MR) is 73.5 cm³/mol. The Hall–Kier alpha value is -0.170. The van der Waals surface area contributed by atoms with E-state index in [2.05, 4.69) is 5.32 Å². The SMILES string of the molecule is O=S(=O)(CCC1CCNCC1)N1CC2CCC(C1)O2. The number of hydrogen-bond donors (Lipinski definition) is 1. The maximum atomic E-state index is 12.4. The molecule has 0 radical (unpaired) electrons. The van der Waals surface area contributed by atoms with Crippen LogP contribution in [-0.2, 0) is 14.8 Å². The fraction of sp³-hybridized carbons (Fsp3) is 1.00. The number of ether oxygens (including phenoxy) is 1. The molecule has 0 aliphatic carbocycles. The summed E-state index contributed by atoms with van der Waals surface area (Å²) in [7, 11) is -3.08. The fourth-order valence-corrected chi connectivity index (χ4v) is 5.10. The van der Waals surface area contributed by atoms with Gasteiger partial charge in [-0.3, -0.25) is 0 Å². The van der Waals surface area contributed by atoms with Crippen LogP contribution in [0.2, 0.25) is 0 Å². The zero-order chi connectivity index (χ0) is 13.3. The molecular weight excluding hydrogens is 264 g/mol. The van der Waals surface area contributed by atoms with E-state index in [1.807, 2.05) is 0 Å². The Labute approximate surface area is 115 Å². The molecule has 2 unspecified atom stereocenters. The quantitative estimate of drug-likeness (QED) is 0.821. The molecule has 19 heavy (non-hydrogen) atoms. The molecule has 3 saturated heterocycles. The van der Waals surface area contributed by atoms with E-state index in [0.29, 0.717) is 24.8 Å². The molecule has 110 valence electrons. The highest BCUT2D eigenvalue weighted by molar-refractivity contribution is 7.89. The number of sulfonamides is 1. The molecule has 3 heterocycles. The molecule has 0 aromatic carbocycles. The summed E-state index contributed by atoms with van der Waals surface area (Å²) >= 11 is 0. The van der Waals surface area contributed by atoms with Gasteiger partial charge in [0, 0.05) is 13.1 Å². The van der Waals surface area contributed by atoms with Gasteiger partial charge in [-0.15, -0.1) is 0 Å². The van der Waals surface area contributed by atoms with Crippen molar-refractivity contribution in [1.82, 2.24) is 9.62 Å². The predicted octanol–water partition coefficient (Wildman–Crippen LogP) is 0.569. The zero-order valence-electron chi connectivity index (χ0n) is 11.4. The lowest BCUT2D eigenvalue weighted by molar-refractivity contribution is -0.0114. The van der Waals surface area contributed by atoms with Gasteiger partial charge in [0.05, 0.1) is 18.0 Å². The van der Waals surface area contributed by atoms with Crippen LogP contribution in [0.1, 0.15) is 32.1 Å². The van der Waals surface area contributed by atoms with Crippen LogP contribution in [0.5, 0.6) is 0 Å². The van der Waals surface area contributed by atoms with Crippen molar-refractivity contribution in [2.45, 2.75) is 44.3 Å². The molecule has 0 aromatic heterocycles. The van der Waals surface area contributed by atoms with E-state index >= 15 is 0 Å². The highest BCUT2D eigenvalue weighted by Gasteiger charge is 2.38. The maximum absolute atomic E-state index is 12.4. The standard InChI is InChI=1S/C13H24N2O3S/c16-19(17,8-5-11-3-6-14-7-4-11)15-9-12-1-2-13(10-15)18-12/h11-14H,1-10H2. The minimum Gasteiger partial charge on any atom is -0.372 e. The molecule has 3 aliphatic heterocycles. The lowest BCUT2D eigenvalue weighted by Crippen LogP contribution is -2.46. The smallest absolute Gasteiger partial charge is 0.214 e. The van der Waals surface area contributed by atoms with Gasteiger partial charge in [-0.25, -0.2) is 8.42 Å². The average Bonchev–Trinajstić information content (AvgIpc) is 2.76. The largest absolute Gasteiger partial charge is 0.372 e. The Balaban J connectivity index is 1.53. The second-order valence-corrected chi connectivity index (χ2v) is 8.16. The normalized spacial score (nSPS) is 33.7. The van der Waals surface area contributed by atoms with E-state index in [1.165, 1.54) is 0 Å². The fourth-order valence-electron chi connectivity index (χ4n) is 3.42. The van der Waals surface area contributed by atoms with Gasteiger partial charge in [0.1, 0.15) is 0 Å². The Morgan fingerprint density at radius 3 is 2.32 bits per heavy atom. The molecule has 6 heteroatoms. The molecule has 2 atom stereocenters. The van der Waals surface area contributed by atoms with Gasteiger partial charge >= 0.3 is 0 Å². The average molecular weight is 288 g/mol. The third-order valence-corrected chi connectivity index (χ3v) is 6.48. The number of nitrogens with one attached hydrogen (secondary N) is 1. The van der Waals surface area contributed by atoms with Gasteiger partial charge in [-0.2, -0.15) is 4.31 Å². The summed E-state index contributed by atoms with van der Waals surface area (Å²) < 4.78 is 32.2. The first-order valence-electron chi connectivity index (χ1n) is 7.47. The summed E-state index contributed by atoms with van der Waals surface area (Å²) in [5, 5.41) is 3.32. The van der Waals surface area contributed by atoms with Crippen molar-refractivity contribution in [2.75, 3.05) is 31.9 Å². The van der Waals surface area contributed by atoms with Crippen LogP contribution in [-0.4, -0.2) is 56.9 Å². The first-order valence-corrected chi connectivity index (χ1v) is 9.08. The molecule has 3 aliphatic rings. The van der Waals surface area contributed by atoms with Gasteiger partial charge in [-0.05, 0) is 51.1 Å². The molecule has 1 N–H and O–H groups in total. The molecule has 2 bridgehead atoms. The Morgan fingerprint density at radius 1 is 1.05 bits per heavy atom. The summed E-state index contributed by atoms with van der Waals surface area (Å²) in [4.78, 5) is 0. The monoisotopic (exact) mass is 288 g/mol. The number of hydrogen-bond acceptors (Lipinski definition) is 4. The Kier molecular flexibility index (Phi) is 4.12. The van der Waals surface area contributed by atoms with Gasteiger partial charge in [0.15, 0.2) is 0 Å². The topological polar surface area (TPSA) is 58.6 Å². The molecule has 0 saturated carbocycles. The minimum atomic E-state index is -3.08. The molecule has 3 rings (SSSR count). The Bertz CT molecular complexity index is 394. The summed E-state index contributed by atoms with van der Waals surface area (Å²) in [5.74, 6) is 0.894. The number of rotatable bonds is 4. The summed E-state index contributed by atoms with van der Waals surface area (Å²) in [5.41, 5.74) is 0. The van der Waals surface area contributed by atoms with Gasteiger partial charge in [-0.1, -0.05) is 0 Å². The minimum absolute atomic E-state index is 0.146. The van der Waals surface area contributed by atoms with Gasteiger partial charge in [0.25, 0.3) is 0 Å². The van der Waals surface area contributed by atoms with Crippen molar-refractivity contribution < 1.29 is 13.2 Å². The van der Waals surface area contributed by atoms with Crippen molar-refractivity contribution >= 4 is 10.0 Å². The van der Waals surface area contributed by atoms with Crippen LogP contribution in [0.15, 0.2) is 0 Å². The second kappa shape index (κ2) is 5.68. The van der Waals surface area contributed by atoms with Crippen LogP contribution in [0.25, 0.3) is 0 Å². The number of morpholine rings is 1. The highest BCUT2D eigenvalue weighted by Crippen LogP contribution is 2.28. The lowest BCUT2D eigenvalue weighted by Gasteiger charge is -2.32. The Morgan fingerprint density at radius 2 is 1.68 bits per heavy atom. The van der Waals surface area contributed by atoms with E-state index in [-0.39, 0.29) is 12.2 Å². The van der Waals surface area contributed by atoms with E-state index in [1.54, 1.807) is 4.31 Å². The molecule has 0 amide bonds. The lowest BCUT2D eigenvalue weighted by atomic mass is 9.96. The molecule has 3 fully saturated rings. The second-order valence-electron chi connectivity index (χ2n) is 6.07. The van der Waals surface area contributed by atoms with E-state index in [4.69, 9.17) is 4.74 Å². The van der Waals surface area contributed by atoms with Crippen LogP contribution >= 0.6 is 0 Å².